The third-order valence-electron chi connectivity index (χ3n) is 0.870. The molecule has 11 heavy (non-hydrogen) atoms. The molecule has 66 valence electrons. The third kappa shape index (κ3) is 3.80. The number of rotatable bonds is 1. The van der Waals surface area contributed by atoms with Gasteiger partial charge in [-0.1, -0.05) is 0 Å². The fourth-order valence-corrected chi connectivity index (χ4v) is 1.12. The molecule has 0 unspecified atom stereocenters. The molecule has 1 aliphatic rings. The van der Waals surface area contributed by atoms with E-state index in [-0.39, 0.29) is 32.2 Å². The molecule has 0 saturated carbocycles. The number of hydrogen-bond acceptors (Lipinski definition) is 4. The molecule has 0 spiro atoms. The summed E-state index contributed by atoms with van der Waals surface area (Å²) in [6.45, 7) is -0.0384. The van der Waals surface area contributed by atoms with Crippen LogP contribution in [0.5, 0.6) is 0 Å². The Morgan fingerprint density at radius 1 is 1.18 bits per heavy atom. The normalized spacial score (nSPS) is 22.1. The van der Waals surface area contributed by atoms with Crippen LogP contribution in [0.1, 0.15) is 0 Å². The van der Waals surface area contributed by atoms with Crippen molar-refractivity contribution in [3.05, 3.63) is 0 Å². The first-order chi connectivity index (χ1) is 5.08. The van der Waals surface area contributed by atoms with Crippen molar-refractivity contribution in [1.29, 1.82) is 0 Å². The smallest absolute Gasteiger partial charge is 0.339 e. The minimum absolute atomic E-state index is 0.0514. The summed E-state index contributed by atoms with van der Waals surface area (Å²) in [4.78, 5) is 0. The van der Waals surface area contributed by atoms with E-state index in [1.165, 1.54) is 0 Å². The van der Waals surface area contributed by atoms with Crippen molar-refractivity contribution in [1.82, 2.24) is 4.31 Å². The minimum Gasteiger partial charge on any atom is -0.339 e. The number of alkyl halides is 3. The second-order valence-corrected chi connectivity index (χ2v) is 2.97. The van der Waals surface area contributed by atoms with Gasteiger partial charge in [0.25, 0.3) is 0 Å². The summed E-state index contributed by atoms with van der Waals surface area (Å²) in [5.74, 6) is 0. The summed E-state index contributed by atoms with van der Waals surface area (Å²) < 4.78 is 45.1. The van der Waals surface area contributed by atoms with E-state index in [1.807, 2.05) is 0 Å². The van der Waals surface area contributed by atoms with Crippen molar-refractivity contribution in [3.63, 3.8) is 0 Å². The van der Waals surface area contributed by atoms with Crippen LogP contribution >= 0.6 is 11.9 Å². The first kappa shape index (κ1) is 9.11. The van der Waals surface area contributed by atoms with E-state index in [4.69, 9.17) is 0 Å². The highest BCUT2D eigenvalue weighted by Gasteiger charge is 2.33. The molecule has 0 aromatic rings. The molecule has 1 heterocycles. The summed E-state index contributed by atoms with van der Waals surface area (Å²) in [7, 11) is 0. The Hall–Kier alpha value is 0.0200. The Bertz CT molecular complexity index is 125. The first-order valence-corrected chi connectivity index (χ1v) is 3.51. The van der Waals surface area contributed by atoms with Gasteiger partial charge in [0.1, 0.15) is 20.3 Å². The van der Waals surface area contributed by atoms with E-state index in [2.05, 4.69) is 9.47 Å². The van der Waals surface area contributed by atoms with Crippen molar-refractivity contribution < 1.29 is 22.6 Å². The predicted octanol–water partition coefficient (Wildman–Crippen LogP) is 1.38. The zero-order chi connectivity index (χ0) is 8.32. The van der Waals surface area contributed by atoms with Crippen molar-refractivity contribution in [2.24, 2.45) is 0 Å². The monoisotopic (exact) mass is 189 g/mol. The maximum atomic E-state index is 11.7. The quantitative estimate of drug-likeness (QED) is 0.581. The highest BCUT2D eigenvalue weighted by molar-refractivity contribution is 7.97. The van der Waals surface area contributed by atoms with Crippen LogP contribution in [-0.2, 0) is 9.47 Å². The summed E-state index contributed by atoms with van der Waals surface area (Å²) >= 11 is -0.239. The molecule has 1 saturated heterocycles. The maximum absolute atomic E-state index is 11.7. The summed E-state index contributed by atoms with van der Waals surface area (Å²) in [6, 6.07) is 0. The molecule has 1 aliphatic heterocycles. The second kappa shape index (κ2) is 3.61. The SMILES string of the molecule is FC(F)(F)SN1COCOC1. The molecule has 7 heteroatoms. The van der Waals surface area contributed by atoms with Crippen LogP contribution in [0, 0.1) is 0 Å². The van der Waals surface area contributed by atoms with Gasteiger partial charge in [-0.05, 0) is 0 Å². The Balaban J connectivity index is 2.24. The lowest BCUT2D eigenvalue weighted by Gasteiger charge is -2.25. The zero-order valence-corrected chi connectivity index (χ0v) is 6.24. The van der Waals surface area contributed by atoms with Crippen molar-refractivity contribution in [2.75, 3.05) is 20.3 Å². The lowest BCUT2D eigenvalue weighted by atomic mass is 11.0. The number of nitrogens with zero attached hydrogens (tertiary/aromatic N) is 1. The highest BCUT2D eigenvalue weighted by atomic mass is 32.2. The Morgan fingerprint density at radius 3 is 2.18 bits per heavy atom. The topological polar surface area (TPSA) is 21.7 Å². The average molecular weight is 189 g/mol. The van der Waals surface area contributed by atoms with Gasteiger partial charge in [0, 0.05) is 11.9 Å². The highest BCUT2D eigenvalue weighted by Crippen LogP contribution is 2.33. The number of hydrogen-bond donors (Lipinski definition) is 0. The van der Waals surface area contributed by atoms with Gasteiger partial charge in [-0.2, -0.15) is 17.5 Å². The van der Waals surface area contributed by atoms with E-state index in [0.29, 0.717) is 0 Å². The Kier molecular flexibility index (Phi) is 2.99. The maximum Gasteiger partial charge on any atom is 0.456 e. The molecule has 0 radical (unpaired) electrons. The van der Waals surface area contributed by atoms with Crippen molar-refractivity contribution >= 4 is 11.9 Å². The fraction of sp³-hybridized carbons (Fsp3) is 1.00. The molecule has 0 aliphatic carbocycles. The molecule has 0 aromatic heterocycles. The zero-order valence-electron chi connectivity index (χ0n) is 5.43. The van der Waals surface area contributed by atoms with Gasteiger partial charge in [0.2, 0.25) is 0 Å². The van der Waals surface area contributed by atoms with Gasteiger partial charge in [-0.15, -0.1) is 0 Å². The summed E-state index contributed by atoms with van der Waals surface area (Å²) in [5.41, 5.74) is -4.26. The van der Waals surface area contributed by atoms with Crippen LogP contribution in [0.2, 0.25) is 0 Å². The van der Waals surface area contributed by atoms with Gasteiger partial charge in [-0.3, -0.25) is 0 Å². The predicted molar refractivity (Wildman–Crippen MR) is 32.3 cm³/mol. The lowest BCUT2D eigenvalue weighted by Crippen LogP contribution is -2.31. The van der Waals surface area contributed by atoms with Crippen molar-refractivity contribution in [3.8, 4) is 0 Å². The van der Waals surface area contributed by atoms with Gasteiger partial charge in [0.05, 0.1) is 0 Å². The molecule has 0 N–H and O–H groups in total. The van der Waals surface area contributed by atoms with E-state index < -0.39 is 5.51 Å². The van der Waals surface area contributed by atoms with Gasteiger partial charge < -0.3 is 9.47 Å². The number of halogens is 3. The summed E-state index contributed by atoms with van der Waals surface area (Å²) in [6.07, 6.45) is 0. The van der Waals surface area contributed by atoms with Crippen LogP contribution in [0.25, 0.3) is 0 Å². The molecule has 0 aromatic carbocycles. The van der Waals surface area contributed by atoms with Crippen molar-refractivity contribution in [2.45, 2.75) is 5.51 Å². The molecular weight excluding hydrogens is 183 g/mol. The fourth-order valence-electron chi connectivity index (χ4n) is 0.573. The van der Waals surface area contributed by atoms with Gasteiger partial charge in [0.15, 0.2) is 0 Å². The van der Waals surface area contributed by atoms with E-state index >= 15 is 0 Å². The van der Waals surface area contributed by atoms with Crippen LogP contribution in [-0.4, -0.2) is 30.1 Å². The van der Waals surface area contributed by atoms with Crippen LogP contribution in [0.4, 0.5) is 13.2 Å². The molecule has 1 fully saturated rings. The average Bonchev–Trinajstić information content (AvgIpc) is 1.85. The molecule has 0 atom stereocenters. The molecular formula is C4H6F3NO2S. The second-order valence-electron chi connectivity index (χ2n) is 1.80. The van der Waals surface area contributed by atoms with Gasteiger partial charge >= 0.3 is 5.51 Å². The number of ether oxygens (including phenoxy) is 2. The van der Waals surface area contributed by atoms with Crippen LogP contribution < -0.4 is 0 Å². The minimum atomic E-state index is -4.26. The Morgan fingerprint density at radius 2 is 1.73 bits per heavy atom. The third-order valence-corrected chi connectivity index (χ3v) is 1.55. The van der Waals surface area contributed by atoms with E-state index in [9.17, 15) is 13.2 Å². The summed E-state index contributed by atoms with van der Waals surface area (Å²) in [5, 5.41) is 0. The van der Waals surface area contributed by atoms with Crippen LogP contribution in [0.3, 0.4) is 0 Å². The molecule has 0 amide bonds. The van der Waals surface area contributed by atoms with E-state index in [1.54, 1.807) is 0 Å². The molecule has 1 rings (SSSR count). The largest absolute Gasteiger partial charge is 0.456 e. The Labute approximate surface area is 65.6 Å². The van der Waals surface area contributed by atoms with Crippen LogP contribution in [0.15, 0.2) is 0 Å². The lowest BCUT2D eigenvalue weighted by molar-refractivity contribution is -0.154. The molecule has 0 bridgehead atoms. The molecule has 3 nitrogen and oxygen atoms in total. The van der Waals surface area contributed by atoms with Gasteiger partial charge in [-0.25, -0.2) is 0 Å². The standard InChI is InChI=1S/C4H6F3NO2S/c5-4(6,7)11-8-1-9-3-10-2-8/h1-3H2. The van der Waals surface area contributed by atoms with E-state index in [0.717, 1.165) is 4.31 Å². The first-order valence-electron chi connectivity index (χ1n) is 2.74.